The molecule has 5 nitrogen and oxygen atoms in total. The summed E-state index contributed by atoms with van der Waals surface area (Å²) >= 11 is 5.85. The molecule has 3 heterocycles. The van der Waals surface area contributed by atoms with Crippen molar-refractivity contribution in [2.24, 2.45) is 0 Å². The van der Waals surface area contributed by atoms with Crippen LogP contribution in [0.2, 0.25) is 5.02 Å². The molecule has 1 aliphatic rings. The van der Waals surface area contributed by atoms with Gasteiger partial charge in [-0.25, -0.2) is 13.8 Å². The maximum Gasteiger partial charge on any atom is 0.252 e. The lowest BCUT2D eigenvalue weighted by Crippen LogP contribution is -2.44. The van der Waals surface area contributed by atoms with Gasteiger partial charge in [0.25, 0.3) is 5.92 Å². The number of anilines is 1. The molecule has 3 aromatic rings. The molecule has 26 heavy (non-hydrogen) atoms. The maximum atomic E-state index is 13.1. The van der Waals surface area contributed by atoms with E-state index in [2.05, 4.69) is 20.4 Å². The van der Waals surface area contributed by atoms with Crippen LogP contribution in [0.5, 0.6) is 0 Å². The highest BCUT2D eigenvalue weighted by Crippen LogP contribution is 2.39. The molecule has 136 valence electrons. The predicted molar refractivity (Wildman–Crippen MR) is 96.0 cm³/mol. The Kier molecular flexibility index (Phi) is 4.26. The number of alkyl halides is 2. The van der Waals surface area contributed by atoms with Gasteiger partial charge in [-0.3, -0.25) is 4.98 Å². The van der Waals surface area contributed by atoms with Crippen molar-refractivity contribution in [2.45, 2.75) is 44.6 Å². The first-order valence-corrected chi connectivity index (χ1v) is 8.87. The predicted octanol–water partition coefficient (Wildman–Crippen LogP) is 4.08. The number of hydrogen-bond acceptors (Lipinski definition) is 4. The average molecular weight is 378 g/mol. The molecule has 0 amide bonds. The fraction of sp³-hybridized carbons (Fsp3) is 0.389. The molecule has 1 N–H and O–H groups in total. The number of halogens is 3. The zero-order chi connectivity index (χ0) is 18.3. The lowest BCUT2D eigenvalue weighted by Gasteiger charge is -2.35. The Balaban J connectivity index is 1.52. The van der Waals surface area contributed by atoms with Gasteiger partial charge in [0.05, 0.1) is 10.7 Å². The number of rotatable bonds is 5. The Morgan fingerprint density at radius 3 is 2.69 bits per heavy atom. The van der Waals surface area contributed by atoms with Crippen LogP contribution in [-0.4, -0.2) is 31.5 Å². The van der Waals surface area contributed by atoms with Crippen molar-refractivity contribution >= 4 is 23.1 Å². The molecule has 0 bridgehead atoms. The SMILES string of the molecule is Cc1cc(NC2CC(F)(F)C2)n2nc(CCc3ccc(Cl)cn3)cc2n1. The minimum atomic E-state index is -2.56. The standard InChI is InChI=1S/C18H18ClF2N5/c1-11-6-16(24-15-8-18(20,21)9-15)26-17(23-11)7-14(25-26)5-4-13-3-2-12(19)10-22-13/h2-3,6-7,10,15,24H,4-5,8-9H2,1H3. The summed E-state index contributed by atoms with van der Waals surface area (Å²) in [6.45, 7) is 1.88. The number of hydrogen-bond donors (Lipinski definition) is 1. The van der Waals surface area contributed by atoms with Crippen LogP contribution in [-0.2, 0) is 12.8 Å². The molecule has 1 saturated carbocycles. The summed E-state index contributed by atoms with van der Waals surface area (Å²) < 4.78 is 27.9. The second kappa shape index (κ2) is 6.46. The maximum absolute atomic E-state index is 13.1. The molecular weight excluding hydrogens is 360 g/mol. The molecule has 0 radical (unpaired) electrons. The van der Waals surface area contributed by atoms with Crippen molar-refractivity contribution < 1.29 is 8.78 Å². The second-order valence-electron chi connectivity index (χ2n) is 6.76. The summed E-state index contributed by atoms with van der Waals surface area (Å²) in [5, 5.41) is 8.36. The van der Waals surface area contributed by atoms with Gasteiger partial charge in [-0.05, 0) is 31.9 Å². The topological polar surface area (TPSA) is 55.1 Å². The van der Waals surface area contributed by atoms with E-state index in [4.69, 9.17) is 11.6 Å². The number of pyridine rings is 1. The zero-order valence-electron chi connectivity index (χ0n) is 14.2. The average Bonchev–Trinajstić information content (AvgIpc) is 2.95. The van der Waals surface area contributed by atoms with E-state index in [1.807, 2.05) is 31.2 Å². The van der Waals surface area contributed by atoms with Gasteiger partial charge in [0.1, 0.15) is 5.82 Å². The van der Waals surface area contributed by atoms with E-state index < -0.39 is 5.92 Å². The quantitative estimate of drug-likeness (QED) is 0.728. The van der Waals surface area contributed by atoms with Gasteiger partial charge in [-0.2, -0.15) is 9.61 Å². The molecule has 0 spiro atoms. The van der Waals surface area contributed by atoms with Crippen LogP contribution in [0.15, 0.2) is 30.5 Å². The van der Waals surface area contributed by atoms with Gasteiger partial charge in [0.15, 0.2) is 5.65 Å². The molecular formula is C18H18ClF2N5. The summed E-state index contributed by atoms with van der Waals surface area (Å²) in [6, 6.07) is 7.23. The van der Waals surface area contributed by atoms with Crippen molar-refractivity contribution in [1.82, 2.24) is 19.6 Å². The van der Waals surface area contributed by atoms with Gasteiger partial charge in [-0.1, -0.05) is 11.6 Å². The molecule has 4 rings (SSSR count). The van der Waals surface area contributed by atoms with E-state index in [-0.39, 0.29) is 18.9 Å². The monoisotopic (exact) mass is 377 g/mol. The summed E-state index contributed by atoms with van der Waals surface area (Å²) in [5.41, 5.74) is 3.34. The van der Waals surface area contributed by atoms with Gasteiger partial charge >= 0.3 is 0 Å². The molecule has 0 aliphatic heterocycles. The van der Waals surface area contributed by atoms with Crippen LogP contribution < -0.4 is 5.32 Å². The van der Waals surface area contributed by atoms with Crippen molar-refractivity contribution in [2.75, 3.05) is 5.32 Å². The fourth-order valence-electron chi connectivity index (χ4n) is 3.16. The number of nitrogens with zero attached hydrogens (tertiary/aromatic N) is 4. The molecule has 1 fully saturated rings. The van der Waals surface area contributed by atoms with E-state index in [0.29, 0.717) is 22.9 Å². The molecule has 0 saturated heterocycles. The molecule has 8 heteroatoms. The van der Waals surface area contributed by atoms with Crippen LogP contribution in [0.1, 0.15) is 29.9 Å². The lowest BCUT2D eigenvalue weighted by molar-refractivity contribution is -0.0794. The van der Waals surface area contributed by atoms with E-state index in [1.165, 1.54) is 0 Å². The highest BCUT2D eigenvalue weighted by atomic mass is 35.5. The van der Waals surface area contributed by atoms with Gasteiger partial charge in [-0.15, -0.1) is 0 Å². The minimum absolute atomic E-state index is 0.147. The Morgan fingerprint density at radius 2 is 2.00 bits per heavy atom. The normalized spacial score (nSPS) is 16.6. The number of nitrogens with one attached hydrogen (secondary N) is 1. The van der Waals surface area contributed by atoms with Crippen molar-refractivity contribution in [3.8, 4) is 0 Å². The second-order valence-corrected chi connectivity index (χ2v) is 7.20. The minimum Gasteiger partial charge on any atom is -0.367 e. The number of aromatic nitrogens is 4. The third-order valence-electron chi connectivity index (χ3n) is 4.47. The van der Waals surface area contributed by atoms with Crippen LogP contribution >= 0.6 is 11.6 Å². The smallest absolute Gasteiger partial charge is 0.252 e. The molecule has 0 unspecified atom stereocenters. The largest absolute Gasteiger partial charge is 0.367 e. The lowest BCUT2D eigenvalue weighted by atomic mass is 9.88. The van der Waals surface area contributed by atoms with Crippen molar-refractivity contribution in [3.05, 3.63) is 52.6 Å². The molecule has 0 atom stereocenters. The Hall–Kier alpha value is -2.28. The van der Waals surface area contributed by atoms with Gasteiger partial charge in [0, 0.05) is 48.6 Å². The fourth-order valence-corrected chi connectivity index (χ4v) is 3.27. The first-order valence-electron chi connectivity index (χ1n) is 8.49. The van der Waals surface area contributed by atoms with Crippen LogP contribution in [0.25, 0.3) is 5.65 Å². The Bertz CT molecular complexity index is 931. The van der Waals surface area contributed by atoms with Crippen LogP contribution in [0, 0.1) is 6.92 Å². The van der Waals surface area contributed by atoms with Gasteiger partial charge < -0.3 is 5.32 Å². The summed E-state index contributed by atoms with van der Waals surface area (Å²) in [4.78, 5) is 8.77. The van der Waals surface area contributed by atoms with E-state index >= 15 is 0 Å². The Morgan fingerprint density at radius 1 is 1.23 bits per heavy atom. The summed E-state index contributed by atoms with van der Waals surface area (Å²) in [6.07, 6.45) is 2.77. The van der Waals surface area contributed by atoms with E-state index in [1.54, 1.807) is 10.7 Å². The molecule has 3 aromatic heterocycles. The molecule has 0 aromatic carbocycles. The highest BCUT2D eigenvalue weighted by Gasteiger charge is 2.45. The first-order chi connectivity index (χ1) is 12.4. The van der Waals surface area contributed by atoms with E-state index in [9.17, 15) is 8.78 Å². The zero-order valence-corrected chi connectivity index (χ0v) is 15.0. The van der Waals surface area contributed by atoms with Gasteiger partial charge in [0.2, 0.25) is 0 Å². The third kappa shape index (κ3) is 3.62. The van der Waals surface area contributed by atoms with Crippen molar-refractivity contribution in [3.63, 3.8) is 0 Å². The first kappa shape index (κ1) is 17.1. The van der Waals surface area contributed by atoms with Crippen molar-refractivity contribution in [1.29, 1.82) is 0 Å². The third-order valence-corrected chi connectivity index (χ3v) is 4.70. The van der Waals surface area contributed by atoms with Crippen LogP contribution in [0.3, 0.4) is 0 Å². The summed E-state index contributed by atoms with van der Waals surface area (Å²) in [5.74, 6) is -1.86. The van der Waals surface area contributed by atoms with E-state index in [0.717, 1.165) is 23.5 Å². The highest BCUT2D eigenvalue weighted by molar-refractivity contribution is 6.30. The summed E-state index contributed by atoms with van der Waals surface area (Å²) in [7, 11) is 0. The Labute approximate surface area is 154 Å². The number of aryl methyl sites for hydroxylation is 3. The van der Waals surface area contributed by atoms with Crippen LogP contribution in [0.4, 0.5) is 14.6 Å². The molecule has 1 aliphatic carbocycles. The number of fused-ring (bicyclic) bond motifs is 1.